The van der Waals surface area contributed by atoms with E-state index in [1.165, 1.54) is 10.8 Å². The molecule has 0 unspecified atom stereocenters. The lowest BCUT2D eigenvalue weighted by molar-refractivity contribution is 1.18. The van der Waals surface area contributed by atoms with Crippen molar-refractivity contribution in [2.45, 2.75) is 0 Å². The molecule has 0 radical (unpaired) electrons. The van der Waals surface area contributed by atoms with Crippen LogP contribution in [-0.4, -0.2) is 9.97 Å². The Labute approximate surface area is 280 Å². The molecule has 224 valence electrons. The third-order valence-corrected chi connectivity index (χ3v) is 8.77. The van der Waals surface area contributed by atoms with Crippen molar-refractivity contribution in [3.8, 4) is 73.4 Å². The normalized spacial score (nSPS) is 10.9. The summed E-state index contributed by atoms with van der Waals surface area (Å²) in [6.45, 7) is 0. The molecular weight excluding hydrogens is 583 g/mol. The molecule has 0 fully saturated rings. The number of fused-ring (bicyclic) bond motifs is 1. The Morgan fingerprint density at radius 1 is 0.354 bits per heavy atom. The Kier molecular flexibility index (Phi) is 7.59. The second-order valence-electron chi connectivity index (χ2n) is 11.7. The summed E-state index contributed by atoms with van der Waals surface area (Å²) >= 11 is 0. The lowest BCUT2D eigenvalue weighted by atomic mass is 9.90. The van der Waals surface area contributed by atoms with Gasteiger partial charge in [-0.25, -0.2) is 9.97 Å². The van der Waals surface area contributed by atoms with Gasteiger partial charge in [-0.15, -0.1) is 0 Å². The summed E-state index contributed by atoms with van der Waals surface area (Å²) in [6, 6.07) is 62.7. The number of benzene rings is 7. The average Bonchev–Trinajstić information content (AvgIpc) is 3.18. The van der Waals surface area contributed by atoms with Gasteiger partial charge in [0.25, 0.3) is 0 Å². The van der Waals surface area contributed by atoms with E-state index in [-0.39, 0.29) is 0 Å². The van der Waals surface area contributed by atoms with E-state index in [1.54, 1.807) is 0 Å². The highest BCUT2D eigenvalue weighted by molar-refractivity contribution is 6.05. The second kappa shape index (κ2) is 12.6. The summed E-state index contributed by atoms with van der Waals surface area (Å²) < 4.78 is 0. The van der Waals surface area contributed by atoms with E-state index in [0.717, 1.165) is 61.5 Å². The highest BCUT2D eigenvalue weighted by Gasteiger charge is 2.20. The third-order valence-electron chi connectivity index (χ3n) is 8.77. The molecule has 0 saturated heterocycles. The Bertz CT molecular complexity index is 2410. The van der Waals surface area contributed by atoms with E-state index >= 15 is 0 Å². The Morgan fingerprint density at radius 2 is 0.750 bits per heavy atom. The van der Waals surface area contributed by atoms with E-state index in [0.29, 0.717) is 11.4 Å². The molecule has 0 saturated carbocycles. The van der Waals surface area contributed by atoms with Crippen LogP contribution in [0.3, 0.4) is 0 Å². The fourth-order valence-corrected chi connectivity index (χ4v) is 6.40. The van der Waals surface area contributed by atoms with Gasteiger partial charge in [-0.2, -0.15) is 5.26 Å². The molecule has 48 heavy (non-hydrogen) atoms. The van der Waals surface area contributed by atoms with Crippen LogP contribution in [0.2, 0.25) is 0 Å². The quantitative estimate of drug-likeness (QED) is 0.188. The topological polar surface area (TPSA) is 49.6 Å². The molecule has 0 amide bonds. The molecule has 0 bridgehead atoms. The van der Waals surface area contributed by atoms with Gasteiger partial charge in [0.1, 0.15) is 0 Å². The zero-order valence-corrected chi connectivity index (χ0v) is 26.1. The summed E-state index contributed by atoms with van der Waals surface area (Å²) in [5, 5.41) is 11.6. The van der Waals surface area contributed by atoms with Crippen molar-refractivity contribution < 1.29 is 0 Å². The summed E-state index contributed by atoms with van der Waals surface area (Å²) in [4.78, 5) is 10.4. The Hall–Kier alpha value is -6.63. The molecule has 0 aliphatic heterocycles. The zero-order valence-electron chi connectivity index (χ0n) is 26.1. The number of aromatic nitrogens is 2. The largest absolute Gasteiger partial charge is 0.227 e. The number of hydrogen-bond donors (Lipinski definition) is 0. The van der Waals surface area contributed by atoms with Crippen LogP contribution in [0.5, 0.6) is 0 Å². The fourth-order valence-electron chi connectivity index (χ4n) is 6.40. The van der Waals surface area contributed by atoms with Crippen LogP contribution in [0, 0.1) is 11.3 Å². The molecule has 0 N–H and O–H groups in total. The standard InChI is InChI=1S/C45H29N3/c46-30-31-20-22-32(23-21-31)38-28-29-39(41-19-11-10-18-40(38)41)33-24-26-36(27-25-33)44-42(34-12-4-1-5-13-34)43(35-14-6-2-7-15-35)47-45(48-44)37-16-8-3-9-17-37/h1-29H. The summed E-state index contributed by atoms with van der Waals surface area (Å²) in [7, 11) is 0. The molecule has 1 heterocycles. The third kappa shape index (κ3) is 5.42. The van der Waals surface area contributed by atoms with Gasteiger partial charge in [-0.1, -0.05) is 164 Å². The molecule has 0 atom stereocenters. The summed E-state index contributed by atoms with van der Waals surface area (Å²) in [6.07, 6.45) is 0. The van der Waals surface area contributed by atoms with Crippen molar-refractivity contribution in [2.24, 2.45) is 0 Å². The highest BCUT2D eigenvalue weighted by atomic mass is 14.9. The number of nitriles is 1. The van der Waals surface area contributed by atoms with Gasteiger partial charge in [0, 0.05) is 22.3 Å². The number of hydrogen-bond acceptors (Lipinski definition) is 3. The van der Waals surface area contributed by atoms with Crippen molar-refractivity contribution in [2.75, 3.05) is 0 Å². The number of rotatable bonds is 6. The monoisotopic (exact) mass is 611 g/mol. The SMILES string of the molecule is N#Cc1ccc(-c2ccc(-c3ccc(-c4nc(-c5ccccc5)nc(-c5ccccc5)c4-c4ccccc4)cc3)c3ccccc23)cc1. The van der Waals surface area contributed by atoms with E-state index in [4.69, 9.17) is 9.97 Å². The van der Waals surface area contributed by atoms with E-state index in [2.05, 4.69) is 127 Å². The van der Waals surface area contributed by atoms with Crippen LogP contribution >= 0.6 is 0 Å². The molecule has 0 aliphatic rings. The first-order chi connectivity index (χ1) is 23.8. The van der Waals surface area contributed by atoms with Crippen LogP contribution in [0.15, 0.2) is 176 Å². The van der Waals surface area contributed by atoms with Gasteiger partial charge < -0.3 is 0 Å². The van der Waals surface area contributed by atoms with Crippen molar-refractivity contribution >= 4 is 10.8 Å². The molecule has 8 aromatic rings. The van der Waals surface area contributed by atoms with Crippen molar-refractivity contribution in [3.05, 3.63) is 181 Å². The van der Waals surface area contributed by atoms with E-state index < -0.39 is 0 Å². The highest BCUT2D eigenvalue weighted by Crippen LogP contribution is 2.41. The van der Waals surface area contributed by atoms with Crippen molar-refractivity contribution in [1.29, 1.82) is 5.26 Å². The van der Waals surface area contributed by atoms with Crippen LogP contribution in [0.4, 0.5) is 0 Å². The van der Waals surface area contributed by atoms with Gasteiger partial charge in [-0.3, -0.25) is 0 Å². The molecule has 3 heteroatoms. The smallest absolute Gasteiger partial charge is 0.160 e. The molecule has 8 rings (SSSR count). The predicted octanol–water partition coefficient (Wildman–Crippen LogP) is 11.5. The minimum atomic E-state index is 0.658. The van der Waals surface area contributed by atoms with Crippen LogP contribution < -0.4 is 0 Å². The van der Waals surface area contributed by atoms with E-state index in [1.807, 2.05) is 54.6 Å². The molecule has 7 aromatic carbocycles. The molecule has 3 nitrogen and oxygen atoms in total. The molecule has 1 aromatic heterocycles. The first-order valence-corrected chi connectivity index (χ1v) is 16.0. The van der Waals surface area contributed by atoms with E-state index in [9.17, 15) is 5.26 Å². The maximum atomic E-state index is 9.27. The molecule has 0 aliphatic carbocycles. The lowest BCUT2D eigenvalue weighted by Gasteiger charge is -2.17. The maximum absolute atomic E-state index is 9.27. The fraction of sp³-hybridized carbons (Fsp3) is 0. The van der Waals surface area contributed by atoms with Crippen molar-refractivity contribution in [1.82, 2.24) is 9.97 Å². The van der Waals surface area contributed by atoms with Crippen LogP contribution in [0.1, 0.15) is 5.56 Å². The molecular formula is C45H29N3. The minimum absolute atomic E-state index is 0.658. The summed E-state index contributed by atoms with van der Waals surface area (Å²) in [5.74, 6) is 0.692. The summed E-state index contributed by atoms with van der Waals surface area (Å²) in [5.41, 5.74) is 12.1. The number of nitrogens with zero attached hydrogens (tertiary/aromatic N) is 3. The zero-order chi connectivity index (χ0) is 32.3. The first kappa shape index (κ1) is 28.8. The van der Waals surface area contributed by atoms with Gasteiger partial charge in [-0.05, 0) is 50.7 Å². The Balaban J connectivity index is 1.29. The second-order valence-corrected chi connectivity index (χ2v) is 11.7. The van der Waals surface area contributed by atoms with Gasteiger partial charge in [0.15, 0.2) is 5.82 Å². The average molecular weight is 612 g/mol. The van der Waals surface area contributed by atoms with Crippen LogP contribution in [-0.2, 0) is 0 Å². The predicted molar refractivity (Wildman–Crippen MR) is 197 cm³/mol. The first-order valence-electron chi connectivity index (χ1n) is 16.0. The maximum Gasteiger partial charge on any atom is 0.160 e. The van der Waals surface area contributed by atoms with Gasteiger partial charge in [0.2, 0.25) is 0 Å². The van der Waals surface area contributed by atoms with Gasteiger partial charge >= 0.3 is 0 Å². The van der Waals surface area contributed by atoms with Crippen LogP contribution in [0.25, 0.3) is 78.1 Å². The minimum Gasteiger partial charge on any atom is -0.227 e. The lowest BCUT2D eigenvalue weighted by Crippen LogP contribution is -2.00. The Morgan fingerprint density at radius 3 is 1.25 bits per heavy atom. The van der Waals surface area contributed by atoms with Crippen molar-refractivity contribution in [3.63, 3.8) is 0 Å². The van der Waals surface area contributed by atoms with Gasteiger partial charge in [0.05, 0.1) is 23.0 Å². The molecule has 0 spiro atoms.